The molecule has 5 heterocycles. The van der Waals surface area contributed by atoms with Gasteiger partial charge < -0.3 is 4.57 Å². The molecule has 0 spiro atoms. The maximum atomic E-state index is 12.8. The molecule has 0 aliphatic heterocycles. The largest absolute Gasteiger partial charge is 0.309 e. The van der Waals surface area contributed by atoms with E-state index in [-0.39, 0.29) is 5.92 Å². The van der Waals surface area contributed by atoms with Gasteiger partial charge in [0.1, 0.15) is 6.07 Å². The summed E-state index contributed by atoms with van der Waals surface area (Å²) in [6.07, 6.45) is 0. The van der Waals surface area contributed by atoms with Crippen molar-refractivity contribution in [3.63, 3.8) is 0 Å². The lowest BCUT2D eigenvalue weighted by molar-refractivity contribution is 1.01. The lowest BCUT2D eigenvalue weighted by Gasteiger charge is -2.26. The third-order valence-electron chi connectivity index (χ3n) is 18.8. The number of imidazole rings is 4. The Labute approximate surface area is 516 Å². The molecule has 0 saturated heterocycles. The third-order valence-corrected chi connectivity index (χ3v) is 18.8. The lowest BCUT2D eigenvalue weighted by Crippen LogP contribution is -2.10. The first-order chi connectivity index (χ1) is 44.6. The maximum absolute atomic E-state index is 12.8. The number of hydrogen-bond donors (Lipinski definition) is 0. The number of nitrogens with zero attached hydrogens (tertiary/aromatic N) is 8. The van der Waals surface area contributed by atoms with Crippen molar-refractivity contribution in [1.82, 2.24) is 32.5 Å². The Morgan fingerprint density at radius 2 is 0.733 bits per heavy atom. The molecule has 18 aromatic rings. The summed E-state index contributed by atoms with van der Waals surface area (Å²) in [4.78, 5) is 10.9. The molecule has 0 radical (unpaired) electrons. The molecule has 0 atom stereocenters. The quantitative estimate of drug-likeness (QED) is 0.152. The predicted molar refractivity (Wildman–Crippen MR) is 366 cm³/mol. The van der Waals surface area contributed by atoms with Crippen LogP contribution in [0.1, 0.15) is 28.2 Å². The van der Waals surface area contributed by atoms with E-state index in [1.54, 1.807) is 0 Å². The van der Waals surface area contributed by atoms with Crippen molar-refractivity contribution >= 4 is 77.5 Å². The highest BCUT2D eigenvalue weighted by Crippen LogP contribution is 2.54. The summed E-state index contributed by atoms with van der Waals surface area (Å²) in [5.41, 5.74) is 27.2. The van der Waals surface area contributed by atoms with Crippen molar-refractivity contribution in [2.75, 3.05) is 0 Å². The van der Waals surface area contributed by atoms with Gasteiger partial charge in [0, 0.05) is 33.6 Å². The topological polar surface area (TPSA) is 73.2 Å². The fourth-order valence-corrected chi connectivity index (χ4v) is 15.0. The zero-order valence-corrected chi connectivity index (χ0v) is 48.4. The van der Waals surface area contributed by atoms with Gasteiger partial charge in [0.15, 0.2) is 0 Å². The van der Waals surface area contributed by atoms with E-state index in [0.717, 1.165) is 156 Å². The van der Waals surface area contributed by atoms with Crippen molar-refractivity contribution in [2.45, 2.75) is 5.92 Å². The molecule has 0 bridgehead atoms. The normalized spacial score (nSPS) is 12.4. The van der Waals surface area contributed by atoms with E-state index in [1.165, 1.54) is 11.1 Å². The molecule has 418 valence electrons. The van der Waals surface area contributed by atoms with Gasteiger partial charge >= 0.3 is 0 Å². The van der Waals surface area contributed by atoms with E-state index in [9.17, 15) is 5.26 Å². The molecule has 0 fully saturated rings. The number of benzene rings is 13. The highest BCUT2D eigenvalue weighted by Gasteiger charge is 2.36. The standard InChI is InChI=1S/C82H50N8/c83-50-66-78(56-40-44-72-76(48-56)90-74-46-54(52-23-7-2-8-24-52)38-42-68(74)85-82(90)87(72)58-27-11-4-12-28-58)77(88-69-35-19-17-31-61(69)62-32-18-20-36-70(62)88)49-65(80(66)79-63-33-15-13-29-59(63)60-30-14-16-34-64(60)79)55-39-43-71-75(47-55)89-73-45-53(51-21-5-1-6-22-51)37-41-67(73)84-81(89)86(71)57-25-9-3-10-26-57/h1-49,79H. The molecule has 5 aromatic heterocycles. The average Bonchev–Trinajstić information content (AvgIpc) is 2.17. The van der Waals surface area contributed by atoms with Crippen LogP contribution in [0.4, 0.5) is 0 Å². The van der Waals surface area contributed by atoms with Gasteiger partial charge in [-0.25, -0.2) is 9.97 Å². The van der Waals surface area contributed by atoms with E-state index in [2.05, 4.69) is 326 Å². The van der Waals surface area contributed by atoms with Crippen molar-refractivity contribution < 1.29 is 0 Å². The van der Waals surface area contributed by atoms with Crippen molar-refractivity contribution in [2.24, 2.45) is 0 Å². The summed E-state index contributed by atoms with van der Waals surface area (Å²) in [7, 11) is 0. The number of nitriles is 1. The highest BCUT2D eigenvalue weighted by atomic mass is 15.2. The molecule has 0 amide bonds. The van der Waals surface area contributed by atoms with E-state index < -0.39 is 0 Å². The maximum Gasteiger partial charge on any atom is 0.220 e. The van der Waals surface area contributed by atoms with E-state index in [0.29, 0.717) is 5.56 Å². The molecule has 13 aromatic carbocycles. The zero-order valence-electron chi connectivity index (χ0n) is 48.4. The van der Waals surface area contributed by atoms with Gasteiger partial charge in [-0.05, 0) is 158 Å². The van der Waals surface area contributed by atoms with Gasteiger partial charge in [-0.1, -0.05) is 206 Å². The van der Waals surface area contributed by atoms with Crippen LogP contribution in [0.2, 0.25) is 0 Å². The monoisotopic (exact) mass is 1150 g/mol. The van der Waals surface area contributed by atoms with Crippen LogP contribution in [-0.4, -0.2) is 32.5 Å². The van der Waals surface area contributed by atoms with Crippen molar-refractivity contribution in [1.29, 1.82) is 5.26 Å². The molecule has 1 aliphatic rings. The van der Waals surface area contributed by atoms with Gasteiger partial charge in [-0.15, -0.1) is 0 Å². The summed E-state index contributed by atoms with van der Waals surface area (Å²) < 4.78 is 11.6. The Kier molecular flexibility index (Phi) is 10.7. The molecule has 90 heavy (non-hydrogen) atoms. The first-order valence-electron chi connectivity index (χ1n) is 30.6. The Morgan fingerprint density at radius 1 is 0.311 bits per heavy atom. The Hall–Kier alpha value is -12.3. The van der Waals surface area contributed by atoms with Gasteiger partial charge in [0.05, 0.1) is 66.4 Å². The Bertz CT molecular complexity index is 5940. The van der Waals surface area contributed by atoms with E-state index in [1.807, 2.05) is 0 Å². The molecule has 8 heteroatoms. The van der Waals surface area contributed by atoms with Gasteiger partial charge in [0.25, 0.3) is 0 Å². The molecular weight excluding hydrogens is 1100 g/mol. The number of fused-ring (bicyclic) bond motifs is 16. The van der Waals surface area contributed by atoms with E-state index in [4.69, 9.17) is 9.97 Å². The fraction of sp³-hybridized carbons (Fsp3) is 0.0122. The average molecular weight is 1150 g/mol. The zero-order chi connectivity index (χ0) is 59.1. The number of aromatic nitrogens is 7. The first-order valence-corrected chi connectivity index (χ1v) is 30.6. The molecule has 0 N–H and O–H groups in total. The second-order valence-electron chi connectivity index (χ2n) is 23.6. The van der Waals surface area contributed by atoms with Crippen LogP contribution in [0.5, 0.6) is 0 Å². The van der Waals surface area contributed by atoms with E-state index >= 15 is 0 Å². The van der Waals surface area contributed by atoms with Crippen LogP contribution in [-0.2, 0) is 0 Å². The second-order valence-corrected chi connectivity index (χ2v) is 23.6. The van der Waals surface area contributed by atoms with Crippen LogP contribution >= 0.6 is 0 Å². The summed E-state index contributed by atoms with van der Waals surface area (Å²) in [6, 6.07) is 109. The number of para-hydroxylation sites is 4. The second kappa shape index (κ2) is 19.3. The van der Waals surface area contributed by atoms with Crippen LogP contribution in [0.3, 0.4) is 0 Å². The molecular formula is C82H50N8. The van der Waals surface area contributed by atoms with Crippen LogP contribution in [0.25, 0.3) is 150 Å². The Balaban J connectivity index is 0.965. The molecule has 1 aliphatic carbocycles. The molecule has 8 nitrogen and oxygen atoms in total. The molecule has 0 unspecified atom stereocenters. The van der Waals surface area contributed by atoms with Gasteiger partial charge in [-0.2, -0.15) is 5.26 Å². The predicted octanol–water partition coefficient (Wildman–Crippen LogP) is 20.0. The lowest BCUT2D eigenvalue weighted by atomic mass is 9.78. The van der Waals surface area contributed by atoms with Crippen molar-refractivity contribution in [3.8, 4) is 78.8 Å². The summed E-state index contributed by atoms with van der Waals surface area (Å²) in [5, 5.41) is 15.0. The SMILES string of the molecule is N#Cc1c(-c2ccc3c(c2)n2c4cc(-c5ccccc5)ccc4nc2n3-c2ccccc2)c(-n2c3ccccc3c3ccccc32)cc(-c2ccc3c(c2)n2c4cc(-c5ccccc5)ccc4nc2n3-c2ccccc2)c1C1c2ccccc2-c2ccccc21. The highest BCUT2D eigenvalue weighted by molar-refractivity contribution is 6.11. The molecule has 0 saturated carbocycles. The summed E-state index contributed by atoms with van der Waals surface area (Å²) >= 11 is 0. The number of rotatable bonds is 8. The van der Waals surface area contributed by atoms with Crippen LogP contribution in [0.15, 0.2) is 297 Å². The third kappa shape index (κ3) is 7.23. The minimum Gasteiger partial charge on any atom is -0.309 e. The van der Waals surface area contributed by atoms with Crippen LogP contribution in [0, 0.1) is 11.3 Å². The first kappa shape index (κ1) is 49.9. The Morgan fingerprint density at radius 3 is 1.24 bits per heavy atom. The fourth-order valence-electron chi connectivity index (χ4n) is 15.0. The minimum atomic E-state index is -0.316. The summed E-state index contributed by atoms with van der Waals surface area (Å²) in [6.45, 7) is 0. The van der Waals surface area contributed by atoms with Gasteiger partial charge in [-0.3, -0.25) is 17.9 Å². The van der Waals surface area contributed by atoms with Gasteiger partial charge in [0.2, 0.25) is 11.6 Å². The smallest absolute Gasteiger partial charge is 0.220 e. The van der Waals surface area contributed by atoms with Crippen molar-refractivity contribution in [3.05, 3.63) is 320 Å². The summed E-state index contributed by atoms with van der Waals surface area (Å²) in [5.74, 6) is 1.31. The van der Waals surface area contributed by atoms with Crippen LogP contribution < -0.4 is 0 Å². The number of hydrogen-bond acceptors (Lipinski definition) is 3. The minimum absolute atomic E-state index is 0.316. The molecule has 19 rings (SSSR count).